The molecule has 3 heterocycles. The van der Waals surface area contributed by atoms with Crippen LogP contribution in [0.15, 0.2) is 0 Å². The molecule has 0 atom stereocenters. The summed E-state index contributed by atoms with van der Waals surface area (Å²) in [6, 6.07) is 0. The number of likely N-dealkylation sites (tertiary alicyclic amines) is 1. The highest BCUT2D eigenvalue weighted by Gasteiger charge is 2.40. The highest BCUT2D eigenvalue weighted by Crippen LogP contribution is 2.56. The van der Waals surface area contributed by atoms with Crippen LogP contribution in [-0.2, 0) is 9.09 Å². The lowest BCUT2D eigenvalue weighted by Crippen LogP contribution is -2.40. The molecule has 0 aromatic heterocycles. The summed E-state index contributed by atoms with van der Waals surface area (Å²) in [4.78, 5) is 2.34. The zero-order valence-electron chi connectivity index (χ0n) is 13.9. The molecule has 0 bridgehead atoms. The van der Waals surface area contributed by atoms with E-state index >= 15 is 0 Å². The van der Waals surface area contributed by atoms with Crippen molar-refractivity contribution >= 4 is 7.67 Å². The summed E-state index contributed by atoms with van der Waals surface area (Å²) in [6.07, 6.45) is 11.0. The van der Waals surface area contributed by atoms with Crippen molar-refractivity contribution in [2.24, 2.45) is 0 Å². The van der Waals surface area contributed by atoms with Crippen LogP contribution in [0.3, 0.4) is 0 Å². The molecule has 3 fully saturated rings. The van der Waals surface area contributed by atoms with E-state index in [0.717, 1.165) is 65.0 Å². The van der Waals surface area contributed by atoms with Crippen LogP contribution >= 0.6 is 7.67 Å². The molecule has 0 aromatic rings. The quantitative estimate of drug-likeness (QED) is 0.721. The molecule has 0 N–H and O–H groups in total. The van der Waals surface area contributed by atoms with E-state index in [-0.39, 0.29) is 0 Å². The Bertz CT molecular complexity index is 354. The smallest absolute Gasteiger partial charge is 0.290 e. The molecule has 3 saturated heterocycles. The molecule has 3 aliphatic rings. The normalized spacial score (nSPS) is 27.1. The molecule has 22 heavy (non-hydrogen) atoms. The molecular formula is C16H32N3O2P. The zero-order valence-corrected chi connectivity index (χ0v) is 14.8. The van der Waals surface area contributed by atoms with Gasteiger partial charge in [-0.05, 0) is 38.5 Å². The van der Waals surface area contributed by atoms with Gasteiger partial charge in [0.25, 0.3) is 0 Å². The first kappa shape index (κ1) is 16.9. The third-order valence-electron chi connectivity index (χ3n) is 5.24. The first-order chi connectivity index (χ1) is 10.8. The van der Waals surface area contributed by atoms with Crippen LogP contribution in [0.2, 0.25) is 0 Å². The first-order valence-corrected chi connectivity index (χ1v) is 10.8. The largest absolute Gasteiger partial charge is 0.347 e. The van der Waals surface area contributed by atoms with Crippen LogP contribution in [0, 0.1) is 0 Å². The van der Waals surface area contributed by atoms with E-state index in [0.29, 0.717) is 6.73 Å². The Balaban J connectivity index is 1.65. The Kier molecular flexibility index (Phi) is 6.34. The van der Waals surface area contributed by atoms with Gasteiger partial charge in [-0.2, -0.15) is 0 Å². The third kappa shape index (κ3) is 4.12. The molecule has 0 aromatic carbocycles. The number of hydrogen-bond acceptors (Lipinski definition) is 3. The standard InChI is InChI=1S/C16H32N3O2P/c20-22(18-12-6-2-7-13-18,19-14-8-3-9-15-19)21-16-17-10-4-1-5-11-17/h1-16H2. The van der Waals surface area contributed by atoms with Crippen LogP contribution in [0.4, 0.5) is 0 Å². The predicted octanol–water partition coefficient (Wildman–Crippen LogP) is 3.53. The lowest BCUT2D eigenvalue weighted by molar-refractivity contribution is 0.0808. The fraction of sp³-hybridized carbons (Fsp3) is 1.00. The number of hydrogen-bond donors (Lipinski definition) is 0. The maximum absolute atomic E-state index is 13.8. The van der Waals surface area contributed by atoms with Crippen molar-refractivity contribution in [1.29, 1.82) is 0 Å². The molecule has 3 rings (SSSR count). The summed E-state index contributed by atoms with van der Waals surface area (Å²) >= 11 is 0. The maximum atomic E-state index is 13.8. The first-order valence-electron chi connectivity index (χ1n) is 9.27. The highest BCUT2D eigenvalue weighted by molar-refractivity contribution is 7.53. The second-order valence-corrected chi connectivity index (χ2v) is 9.33. The van der Waals surface area contributed by atoms with Gasteiger partial charge in [0.05, 0.1) is 0 Å². The van der Waals surface area contributed by atoms with E-state index in [2.05, 4.69) is 14.2 Å². The average Bonchev–Trinajstić information content (AvgIpc) is 2.62. The van der Waals surface area contributed by atoms with Gasteiger partial charge < -0.3 is 0 Å². The van der Waals surface area contributed by atoms with Crippen molar-refractivity contribution in [1.82, 2.24) is 14.2 Å². The maximum Gasteiger partial charge on any atom is 0.347 e. The Morgan fingerprint density at radius 2 is 1.05 bits per heavy atom. The monoisotopic (exact) mass is 329 g/mol. The summed E-state index contributed by atoms with van der Waals surface area (Å²) in [5.74, 6) is 0. The van der Waals surface area contributed by atoms with Gasteiger partial charge >= 0.3 is 7.67 Å². The molecular weight excluding hydrogens is 297 g/mol. The van der Waals surface area contributed by atoms with Gasteiger partial charge in [-0.15, -0.1) is 0 Å². The molecule has 0 amide bonds. The van der Waals surface area contributed by atoms with Gasteiger partial charge in [0.15, 0.2) is 0 Å². The Morgan fingerprint density at radius 1 is 0.636 bits per heavy atom. The lowest BCUT2D eigenvalue weighted by Gasteiger charge is -2.42. The summed E-state index contributed by atoms with van der Waals surface area (Å²) < 4.78 is 24.3. The molecule has 0 radical (unpaired) electrons. The van der Waals surface area contributed by atoms with Gasteiger partial charge in [-0.1, -0.05) is 19.3 Å². The number of rotatable bonds is 5. The lowest BCUT2D eigenvalue weighted by atomic mass is 10.1. The van der Waals surface area contributed by atoms with Crippen LogP contribution in [-0.4, -0.2) is 60.2 Å². The molecule has 5 nitrogen and oxygen atoms in total. The van der Waals surface area contributed by atoms with Crippen LogP contribution in [0.5, 0.6) is 0 Å². The van der Waals surface area contributed by atoms with Crippen LogP contribution in [0.25, 0.3) is 0 Å². The van der Waals surface area contributed by atoms with E-state index in [9.17, 15) is 4.57 Å². The van der Waals surface area contributed by atoms with Crippen molar-refractivity contribution in [2.75, 3.05) is 46.0 Å². The predicted molar refractivity (Wildman–Crippen MR) is 89.8 cm³/mol. The van der Waals surface area contributed by atoms with Crippen LogP contribution < -0.4 is 0 Å². The minimum absolute atomic E-state index is 0.546. The van der Waals surface area contributed by atoms with Crippen molar-refractivity contribution in [3.63, 3.8) is 0 Å². The second kappa shape index (κ2) is 8.25. The van der Waals surface area contributed by atoms with E-state index in [1.165, 1.54) is 32.1 Å². The van der Waals surface area contributed by atoms with Gasteiger partial charge in [0, 0.05) is 39.3 Å². The van der Waals surface area contributed by atoms with Gasteiger partial charge in [0.2, 0.25) is 0 Å². The molecule has 0 saturated carbocycles. The minimum Gasteiger partial charge on any atom is -0.290 e. The second-order valence-electron chi connectivity index (χ2n) is 6.96. The SMILES string of the molecule is O=P(OCN1CCCCC1)(N1CCCCC1)N1CCCCC1. The molecule has 6 heteroatoms. The van der Waals surface area contributed by atoms with Gasteiger partial charge in [-0.25, -0.2) is 9.34 Å². The Morgan fingerprint density at radius 3 is 1.50 bits per heavy atom. The molecule has 0 spiro atoms. The topological polar surface area (TPSA) is 36.0 Å². The zero-order chi connectivity index (χ0) is 15.3. The summed E-state index contributed by atoms with van der Waals surface area (Å²) in [6.45, 7) is 6.49. The van der Waals surface area contributed by atoms with Crippen molar-refractivity contribution in [2.45, 2.75) is 57.8 Å². The minimum atomic E-state index is -2.81. The Labute approximate surface area is 135 Å². The van der Waals surface area contributed by atoms with E-state index in [4.69, 9.17) is 4.52 Å². The summed E-state index contributed by atoms with van der Waals surface area (Å²) in [5.41, 5.74) is 0. The third-order valence-corrected chi connectivity index (χ3v) is 7.92. The number of nitrogens with zero attached hydrogens (tertiary/aromatic N) is 3. The van der Waals surface area contributed by atoms with Crippen molar-refractivity contribution in [3.05, 3.63) is 0 Å². The fourth-order valence-corrected chi connectivity index (χ4v) is 6.42. The van der Waals surface area contributed by atoms with Gasteiger partial charge in [-0.3, -0.25) is 14.0 Å². The Hall–Kier alpha value is 0.0700. The summed E-state index contributed by atoms with van der Waals surface area (Å²) in [5, 5.41) is 0. The van der Waals surface area contributed by atoms with Crippen molar-refractivity contribution in [3.8, 4) is 0 Å². The molecule has 0 aliphatic carbocycles. The number of piperidine rings is 3. The molecule has 0 unspecified atom stereocenters. The molecule has 3 aliphatic heterocycles. The van der Waals surface area contributed by atoms with E-state index in [1.54, 1.807) is 0 Å². The van der Waals surface area contributed by atoms with E-state index in [1.807, 2.05) is 0 Å². The highest BCUT2D eigenvalue weighted by atomic mass is 31.2. The summed E-state index contributed by atoms with van der Waals surface area (Å²) in [7, 11) is -2.81. The van der Waals surface area contributed by atoms with Gasteiger partial charge in [0.1, 0.15) is 6.73 Å². The average molecular weight is 329 g/mol. The van der Waals surface area contributed by atoms with Crippen molar-refractivity contribution < 1.29 is 9.09 Å². The fourth-order valence-electron chi connectivity index (χ4n) is 3.85. The van der Waals surface area contributed by atoms with Crippen LogP contribution in [0.1, 0.15) is 57.8 Å². The van der Waals surface area contributed by atoms with E-state index < -0.39 is 7.67 Å². The molecule has 128 valence electrons.